The lowest BCUT2D eigenvalue weighted by molar-refractivity contribution is 0.0338. The first kappa shape index (κ1) is 18.3. The fourth-order valence-corrected chi connectivity index (χ4v) is 2.78. The zero-order valence-electron chi connectivity index (χ0n) is 13.8. The van der Waals surface area contributed by atoms with E-state index in [1.165, 1.54) is 18.2 Å². The van der Waals surface area contributed by atoms with Crippen molar-refractivity contribution in [3.05, 3.63) is 35.4 Å². The SMILES string of the molecule is CC(C)OCCN1CCN(CC(O)c2c(F)cccc2F)CC1. The summed E-state index contributed by atoms with van der Waals surface area (Å²) in [5, 5.41) is 10.1. The highest BCUT2D eigenvalue weighted by Crippen LogP contribution is 2.22. The highest BCUT2D eigenvalue weighted by molar-refractivity contribution is 5.22. The van der Waals surface area contributed by atoms with Crippen molar-refractivity contribution < 1.29 is 18.6 Å². The summed E-state index contributed by atoms with van der Waals surface area (Å²) in [6.45, 7) is 9.15. The van der Waals surface area contributed by atoms with E-state index in [1.54, 1.807) is 0 Å². The normalized spacial score (nSPS) is 18.5. The maximum atomic E-state index is 13.7. The molecule has 6 heteroatoms. The Bertz CT molecular complexity index is 471. The number of hydrogen-bond donors (Lipinski definition) is 1. The van der Waals surface area contributed by atoms with E-state index < -0.39 is 17.7 Å². The van der Waals surface area contributed by atoms with Crippen LogP contribution in [-0.2, 0) is 4.74 Å². The smallest absolute Gasteiger partial charge is 0.131 e. The van der Waals surface area contributed by atoms with Gasteiger partial charge >= 0.3 is 0 Å². The lowest BCUT2D eigenvalue weighted by Crippen LogP contribution is -2.48. The van der Waals surface area contributed by atoms with Crippen molar-refractivity contribution in [2.75, 3.05) is 45.9 Å². The Balaban J connectivity index is 1.78. The molecule has 0 radical (unpaired) electrons. The van der Waals surface area contributed by atoms with Gasteiger partial charge in [0.25, 0.3) is 0 Å². The number of halogens is 2. The van der Waals surface area contributed by atoms with Crippen LogP contribution in [0.25, 0.3) is 0 Å². The minimum Gasteiger partial charge on any atom is -0.387 e. The molecular formula is C17H26F2N2O2. The van der Waals surface area contributed by atoms with Gasteiger partial charge < -0.3 is 9.84 Å². The number of aliphatic hydroxyl groups excluding tert-OH is 1. The second-order valence-corrected chi connectivity index (χ2v) is 6.21. The van der Waals surface area contributed by atoms with Crippen LogP contribution >= 0.6 is 0 Å². The fraction of sp³-hybridized carbons (Fsp3) is 0.647. The van der Waals surface area contributed by atoms with Crippen LogP contribution in [0.1, 0.15) is 25.5 Å². The molecule has 1 aromatic carbocycles. The number of aliphatic hydroxyl groups is 1. The van der Waals surface area contributed by atoms with E-state index in [2.05, 4.69) is 4.90 Å². The van der Waals surface area contributed by atoms with Crippen LogP contribution < -0.4 is 0 Å². The Kier molecular flexibility index (Phi) is 6.89. The minimum atomic E-state index is -1.15. The largest absolute Gasteiger partial charge is 0.387 e. The number of ether oxygens (including phenoxy) is 1. The number of β-amino-alcohol motifs (C(OH)–C–C–N with tert-alkyl or cyclic N) is 1. The minimum absolute atomic E-state index is 0.236. The molecule has 0 amide bonds. The average Bonchev–Trinajstić information content (AvgIpc) is 2.48. The topological polar surface area (TPSA) is 35.9 Å². The summed E-state index contributed by atoms with van der Waals surface area (Å²) in [5.41, 5.74) is -0.236. The number of piperazine rings is 1. The van der Waals surface area contributed by atoms with Gasteiger partial charge in [0, 0.05) is 39.3 Å². The molecule has 23 heavy (non-hydrogen) atoms. The Morgan fingerprint density at radius 1 is 1.09 bits per heavy atom. The van der Waals surface area contributed by atoms with Gasteiger partial charge in [-0.05, 0) is 26.0 Å². The third-order valence-corrected chi connectivity index (χ3v) is 4.09. The summed E-state index contributed by atoms with van der Waals surface area (Å²) in [7, 11) is 0. The first-order valence-corrected chi connectivity index (χ1v) is 8.15. The van der Waals surface area contributed by atoms with E-state index in [-0.39, 0.29) is 18.2 Å². The molecule has 1 atom stereocenters. The molecule has 1 heterocycles. The fourth-order valence-electron chi connectivity index (χ4n) is 2.78. The van der Waals surface area contributed by atoms with Gasteiger partial charge in [0.2, 0.25) is 0 Å². The molecule has 2 rings (SSSR count). The Morgan fingerprint density at radius 2 is 1.65 bits per heavy atom. The Labute approximate surface area is 136 Å². The van der Waals surface area contributed by atoms with Crippen LogP contribution in [0, 0.1) is 11.6 Å². The van der Waals surface area contributed by atoms with Crippen LogP contribution in [-0.4, -0.2) is 66.9 Å². The van der Waals surface area contributed by atoms with E-state index in [4.69, 9.17) is 4.74 Å². The van der Waals surface area contributed by atoms with Crippen LogP contribution in [0.15, 0.2) is 18.2 Å². The first-order chi connectivity index (χ1) is 11.0. The third-order valence-electron chi connectivity index (χ3n) is 4.09. The van der Waals surface area contributed by atoms with Crippen molar-refractivity contribution >= 4 is 0 Å². The van der Waals surface area contributed by atoms with Crippen LogP contribution in [0.2, 0.25) is 0 Å². The summed E-state index contributed by atoms with van der Waals surface area (Å²) in [6.07, 6.45) is -0.908. The molecule has 0 spiro atoms. The molecule has 0 aromatic heterocycles. The predicted molar refractivity (Wildman–Crippen MR) is 85.3 cm³/mol. The summed E-state index contributed by atoms with van der Waals surface area (Å²) in [4.78, 5) is 4.34. The zero-order chi connectivity index (χ0) is 16.8. The molecule has 0 saturated carbocycles. The number of rotatable bonds is 7. The van der Waals surface area contributed by atoms with Crippen molar-refractivity contribution in [2.45, 2.75) is 26.1 Å². The van der Waals surface area contributed by atoms with Gasteiger partial charge in [-0.15, -0.1) is 0 Å². The monoisotopic (exact) mass is 328 g/mol. The quantitative estimate of drug-likeness (QED) is 0.831. The molecule has 130 valence electrons. The summed E-state index contributed by atoms with van der Waals surface area (Å²) in [5.74, 6) is -1.39. The predicted octanol–water partition coefficient (Wildman–Crippen LogP) is 2.04. The molecular weight excluding hydrogens is 302 g/mol. The van der Waals surface area contributed by atoms with Crippen molar-refractivity contribution in [1.29, 1.82) is 0 Å². The van der Waals surface area contributed by atoms with E-state index in [0.717, 1.165) is 32.7 Å². The molecule has 1 aliphatic rings. The molecule has 1 saturated heterocycles. The van der Waals surface area contributed by atoms with Gasteiger partial charge in [-0.25, -0.2) is 8.78 Å². The Morgan fingerprint density at radius 3 is 2.22 bits per heavy atom. The van der Waals surface area contributed by atoms with Gasteiger partial charge in [0.1, 0.15) is 11.6 Å². The van der Waals surface area contributed by atoms with E-state index >= 15 is 0 Å². The Hall–Kier alpha value is -1.08. The molecule has 1 fully saturated rings. The number of nitrogens with zero attached hydrogens (tertiary/aromatic N) is 2. The number of benzene rings is 1. The maximum Gasteiger partial charge on any atom is 0.131 e. The van der Waals surface area contributed by atoms with Crippen molar-refractivity contribution in [2.24, 2.45) is 0 Å². The van der Waals surface area contributed by atoms with Gasteiger partial charge in [-0.1, -0.05) is 6.07 Å². The second-order valence-electron chi connectivity index (χ2n) is 6.21. The molecule has 1 unspecified atom stereocenters. The van der Waals surface area contributed by atoms with Crippen molar-refractivity contribution in [3.63, 3.8) is 0 Å². The molecule has 0 aliphatic carbocycles. The summed E-state index contributed by atoms with van der Waals surface area (Å²) < 4.78 is 32.9. The van der Waals surface area contributed by atoms with Gasteiger partial charge in [-0.2, -0.15) is 0 Å². The van der Waals surface area contributed by atoms with Crippen LogP contribution in [0.5, 0.6) is 0 Å². The van der Waals surface area contributed by atoms with Gasteiger partial charge in [-0.3, -0.25) is 9.80 Å². The summed E-state index contributed by atoms with van der Waals surface area (Å²) >= 11 is 0. The molecule has 1 aliphatic heterocycles. The van der Waals surface area contributed by atoms with Gasteiger partial charge in [0.15, 0.2) is 0 Å². The highest BCUT2D eigenvalue weighted by atomic mass is 19.1. The first-order valence-electron chi connectivity index (χ1n) is 8.15. The van der Waals surface area contributed by atoms with E-state index in [1.807, 2.05) is 18.7 Å². The second kappa shape index (κ2) is 8.68. The zero-order valence-corrected chi connectivity index (χ0v) is 13.8. The van der Waals surface area contributed by atoms with Crippen LogP contribution in [0.3, 0.4) is 0 Å². The standard InChI is InChI=1S/C17H26F2N2O2/c1-13(2)23-11-10-20-6-8-21(9-7-20)12-16(22)17-14(18)4-3-5-15(17)19/h3-5,13,16,22H,6-12H2,1-2H3. The van der Waals surface area contributed by atoms with Gasteiger partial charge in [0.05, 0.1) is 24.4 Å². The number of hydrogen-bond acceptors (Lipinski definition) is 4. The maximum absolute atomic E-state index is 13.7. The summed E-state index contributed by atoms with van der Waals surface area (Å²) in [6, 6.07) is 3.65. The van der Waals surface area contributed by atoms with E-state index in [9.17, 15) is 13.9 Å². The lowest BCUT2D eigenvalue weighted by atomic mass is 10.1. The molecule has 1 aromatic rings. The third kappa shape index (κ3) is 5.49. The van der Waals surface area contributed by atoms with E-state index in [0.29, 0.717) is 6.61 Å². The highest BCUT2D eigenvalue weighted by Gasteiger charge is 2.23. The molecule has 1 N–H and O–H groups in total. The van der Waals surface area contributed by atoms with Crippen LogP contribution in [0.4, 0.5) is 8.78 Å². The van der Waals surface area contributed by atoms with Crippen molar-refractivity contribution in [3.8, 4) is 0 Å². The molecule has 4 nitrogen and oxygen atoms in total. The van der Waals surface area contributed by atoms with Crippen molar-refractivity contribution in [1.82, 2.24) is 9.80 Å². The average molecular weight is 328 g/mol. The molecule has 0 bridgehead atoms. The lowest BCUT2D eigenvalue weighted by Gasteiger charge is -2.35.